The molecule has 2 aromatic rings. The summed E-state index contributed by atoms with van der Waals surface area (Å²) in [4.78, 5) is 68.1. The van der Waals surface area contributed by atoms with E-state index in [4.69, 9.17) is 17.2 Å². The van der Waals surface area contributed by atoms with Crippen LogP contribution in [0.1, 0.15) is 25.3 Å². The number of fused-ring (bicyclic) bond motifs is 1. The Balaban J connectivity index is 2.09. The Hall–Kier alpha value is -4.66. The normalized spacial score (nSPS) is 13.0. The molecule has 0 bridgehead atoms. The first-order valence-electron chi connectivity index (χ1n) is 12.2. The Kier molecular flexibility index (Phi) is 11.7. The molecule has 1 aromatic heterocycles. The van der Waals surface area contributed by atoms with Crippen LogP contribution in [0.4, 0.5) is 0 Å². The minimum absolute atomic E-state index is 0.0618. The number of carbonyl (C=O) groups excluding carboxylic acids is 4. The first-order chi connectivity index (χ1) is 18.5. The highest BCUT2D eigenvalue weighted by Crippen LogP contribution is 2.19. The highest BCUT2D eigenvalue weighted by Gasteiger charge is 2.28. The number of amides is 4. The molecule has 0 saturated heterocycles. The maximum atomic E-state index is 13.2. The third-order valence-corrected chi connectivity index (χ3v) is 5.69. The Morgan fingerprint density at radius 2 is 1.72 bits per heavy atom. The van der Waals surface area contributed by atoms with Gasteiger partial charge in [0.25, 0.3) is 0 Å². The zero-order chi connectivity index (χ0) is 28.9. The van der Waals surface area contributed by atoms with Crippen LogP contribution < -0.4 is 38.5 Å². The van der Waals surface area contributed by atoms with Gasteiger partial charge in [-0.25, -0.2) is 4.79 Å². The fourth-order valence-corrected chi connectivity index (χ4v) is 3.66. The minimum atomic E-state index is -1.25. The Morgan fingerprint density at radius 1 is 1.00 bits per heavy atom. The largest absolute Gasteiger partial charge is 0.480 e. The Bertz CT molecular complexity index is 1210. The predicted molar refractivity (Wildman–Crippen MR) is 143 cm³/mol. The van der Waals surface area contributed by atoms with Gasteiger partial charge in [0.1, 0.15) is 18.1 Å². The average molecular weight is 546 g/mol. The van der Waals surface area contributed by atoms with Crippen molar-refractivity contribution < 1.29 is 29.1 Å². The van der Waals surface area contributed by atoms with Gasteiger partial charge in [-0.1, -0.05) is 18.2 Å². The molecule has 212 valence electrons. The lowest BCUT2D eigenvalue weighted by atomic mass is 10.0. The van der Waals surface area contributed by atoms with Gasteiger partial charge in [-0.05, 0) is 31.4 Å². The second-order valence-corrected chi connectivity index (χ2v) is 8.74. The van der Waals surface area contributed by atoms with Gasteiger partial charge in [0, 0.05) is 30.1 Å². The summed E-state index contributed by atoms with van der Waals surface area (Å²) in [6, 6.07) is 3.93. The van der Waals surface area contributed by atoms with E-state index in [2.05, 4.69) is 31.2 Å². The molecule has 0 unspecified atom stereocenters. The molecule has 0 saturated carbocycles. The SMILES string of the molecule is C[C@H](NC(=O)[C@H](Cc1c[nH]c2ccccc12)NC(=O)CNC(=O)CN)C(=O)N[C@@H](CCCN=C(N)N)C(=O)O. The number of guanidine groups is 1. The van der Waals surface area contributed by atoms with Gasteiger partial charge in [0.15, 0.2) is 5.96 Å². The van der Waals surface area contributed by atoms with E-state index in [-0.39, 0.29) is 31.9 Å². The van der Waals surface area contributed by atoms with E-state index < -0.39 is 54.3 Å². The summed E-state index contributed by atoms with van der Waals surface area (Å²) in [5, 5.41) is 20.1. The van der Waals surface area contributed by atoms with Crippen molar-refractivity contribution in [1.29, 1.82) is 0 Å². The van der Waals surface area contributed by atoms with Gasteiger partial charge < -0.3 is 48.6 Å². The quantitative estimate of drug-likeness (QED) is 0.0644. The van der Waals surface area contributed by atoms with Gasteiger partial charge in [0.2, 0.25) is 23.6 Å². The number of carbonyl (C=O) groups is 5. The van der Waals surface area contributed by atoms with E-state index in [0.717, 1.165) is 16.5 Å². The van der Waals surface area contributed by atoms with Crippen molar-refractivity contribution in [3.8, 4) is 0 Å². The number of rotatable bonds is 15. The molecule has 0 aliphatic heterocycles. The number of aromatic amines is 1. The summed E-state index contributed by atoms with van der Waals surface area (Å²) in [7, 11) is 0. The van der Waals surface area contributed by atoms with Gasteiger partial charge >= 0.3 is 5.97 Å². The monoisotopic (exact) mass is 545 g/mol. The maximum Gasteiger partial charge on any atom is 0.326 e. The second-order valence-electron chi connectivity index (χ2n) is 8.74. The van der Waals surface area contributed by atoms with Crippen LogP contribution in [0, 0.1) is 0 Å². The number of hydrogen-bond acceptors (Lipinski definition) is 7. The van der Waals surface area contributed by atoms with Crippen LogP contribution in [0.15, 0.2) is 35.5 Å². The number of hydrogen-bond donors (Lipinski definition) is 9. The number of carboxylic acid groups (broad SMARTS) is 1. The topological polar surface area (TPSA) is 260 Å². The van der Waals surface area contributed by atoms with E-state index >= 15 is 0 Å². The van der Waals surface area contributed by atoms with Crippen molar-refractivity contribution in [2.24, 2.45) is 22.2 Å². The molecule has 0 aliphatic rings. The summed E-state index contributed by atoms with van der Waals surface area (Å²) >= 11 is 0. The van der Waals surface area contributed by atoms with Crippen molar-refractivity contribution in [1.82, 2.24) is 26.3 Å². The van der Waals surface area contributed by atoms with Crippen molar-refractivity contribution in [3.63, 3.8) is 0 Å². The molecule has 4 amide bonds. The molecule has 12 N–H and O–H groups in total. The lowest BCUT2D eigenvalue weighted by Crippen LogP contribution is -2.56. The maximum absolute atomic E-state index is 13.2. The molecule has 3 atom stereocenters. The Labute approximate surface area is 224 Å². The number of para-hydroxylation sites is 1. The van der Waals surface area contributed by atoms with Gasteiger partial charge in [-0.3, -0.25) is 24.2 Å². The molecule has 0 radical (unpaired) electrons. The third kappa shape index (κ3) is 9.96. The predicted octanol–water partition coefficient (Wildman–Crippen LogP) is -2.60. The highest BCUT2D eigenvalue weighted by molar-refractivity contribution is 5.94. The number of carboxylic acids is 1. The van der Waals surface area contributed by atoms with Gasteiger partial charge in [-0.2, -0.15) is 0 Å². The van der Waals surface area contributed by atoms with E-state index in [9.17, 15) is 29.1 Å². The first-order valence-corrected chi connectivity index (χ1v) is 12.2. The van der Waals surface area contributed by atoms with Crippen LogP contribution in [0.3, 0.4) is 0 Å². The van der Waals surface area contributed by atoms with Crippen LogP contribution in [0.25, 0.3) is 10.9 Å². The Morgan fingerprint density at radius 3 is 2.38 bits per heavy atom. The third-order valence-electron chi connectivity index (χ3n) is 5.69. The number of aliphatic carboxylic acids is 1. The number of aromatic nitrogens is 1. The van der Waals surface area contributed by atoms with Gasteiger partial charge in [0.05, 0.1) is 13.1 Å². The highest BCUT2D eigenvalue weighted by atomic mass is 16.4. The second kappa shape index (κ2) is 14.9. The minimum Gasteiger partial charge on any atom is -0.480 e. The molecule has 0 spiro atoms. The van der Waals surface area contributed by atoms with Crippen LogP contribution >= 0.6 is 0 Å². The summed E-state index contributed by atoms with van der Waals surface area (Å²) in [5.74, 6) is -3.97. The number of benzene rings is 1. The molecule has 0 fully saturated rings. The van der Waals surface area contributed by atoms with Crippen LogP contribution in [0.2, 0.25) is 0 Å². The fraction of sp³-hybridized carbons (Fsp3) is 0.417. The van der Waals surface area contributed by atoms with Gasteiger partial charge in [-0.15, -0.1) is 0 Å². The molecule has 15 heteroatoms. The molecule has 1 heterocycles. The smallest absolute Gasteiger partial charge is 0.326 e. The number of aliphatic imine (C=N–C) groups is 1. The summed E-state index contributed by atoms with van der Waals surface area (Å²) in [6.45, 7) is 0.876. The average Bonchev–Trinajstić information content (AvgIpc) is 3.30. The number of nitrogens with zero attached hydrogens (tertiary/aromatic N) is 1. The summed E-state index contributed by atoms with van der Waals surface area (Å²) in [5.41, 5.74) is 17.3. The summed E-state index contributed by atoms with van der Waals surface area (Å²) in [6.07, 6.45) is 2.15. The first kappa shape index (κ1) is 30.6. The number of nitrogens with two attached hydrogens (primary N) is 3. The van der Waals surface area contributed by atoms with Crippen LogP contribution in [-0.4, -0.2) is 83.4 Å². The number of H-pyrrole nitrogens is 1. The molecule has 2 rings (SSSR count). The molecular weight excluding hydrogens is 510 g/mol. The van der Waals surface area contributed by atoms with Crippen molar-refractivity contribution in [2.45, 2.75) is 44.3 Å². The fourth-order valence-electron chi connectivity index (χ4n) is 3.66. The molecule has 15 nitrogen and oxygen atoms in total. The van der Waals surface area contributed by atoms with E-state index in [1.807, 2.05) is 24.3 Å². The molecule has 0 aliphatic carbocycles. The zero-order valence-electron chi connectivity index (χ0n) is 21.5. The van der Waals surface area contributed by atoms with Crippen molar-refractivity contribution in [3.05, 3.63) is 36.0 Å². The lowest BCUT2D eigenvalue weighted by Gasteiger charge is -2.22. The lowest BCUT2D eigenvalue weighted by molar-refractivity contribution is -0.142. The number of nitrogens with one attached hydrogen (secondary N) is 5. The summed E-state index contributed by atoms with van der Waals surface area (Å²) < 4.78 is 0. The zero-order valence-corrected chi connectivity index (χ0v) is 21.5. The standard InChI is InChI=1S/C24H35N9O6/c1-13(21(36)33-17(23(38)39)7-4-8-28-24(26)27)31-22(37)18(32-20(35)12-30-19(34)10-25)9-14-11-29-16-6-3-2-5-15(14)16/h2-3,5-6,11,13,17-18,29H,4,7-10,12,25H2,1H3,(H,30,34)(H,31,37)(H,32,35)(H,33,36)(H,38,39)(H4,26,27,28)/t13-,17-,18-/m0/s1. The van der Waals surface area contributed by atoms with E-state index in [1.165, 1.54) is 6.92 Å². The molecule has 39 heavy (non-hydrogen) atoms. The van der Waals surface area contributed by atoms with Crippen LogP contribution in [0.5, 0.6) is 0 Å². The van der Waals surface area contributed by atoms with E-state index in [0.29, 0.717) is 6.42 Å². The van der Waals surface area contributed by atoms with Crippen LogP contribution in [-0.2, 0) is 30.4 Å². The molecular formula is C24H35N9O6. The van der Waals surface area contributed by atoms with Crippen molar-refractivity contribution in [2.75, 3.05) is 19.6 Å². The van der Waals surface area contributed by atoms with Crippen molar-refractivity contribution >= 4 is 46.5 Å². The van der Waals surface area contributed by atoms with E-state index in [1.54, 1.807) is 6.20 Å². The molecule has 1 aromatic carbocycles.